The maximum atomic E-state index is 9.76. The van der Waals surface area contributed by atoms with Crippen molar-refractivity contribution in [1.82, 2.24) is 5.32 Å². The third-order valence-corrected chi connectivity index (χ3v) is 5.46. The van der Waals surface area contributed by atoms with Gasteiger partial charge in [0.15, 0.2) is 0 Å². The summed E-state index contributed by atoms with van der Waals surface area (Å²) in [6, 6.07) is 0. The standard InChI is InChI=1S/C12H25NO3S2/c1-10(7-15-2)16-8-11(14)5-13-6-12-9-17-3-4-18-12/h10-14H,3-9H2,1-2H3. The molecule has 0 spiro atoms. The van der Waals surface area contributed by atoms with E-state index < -0.39 is 6.10 Å². The Morgan fingerprint density at radius 2 is 2.22 bits per heavy atom. The number of nitrogens with one attached hydrogen (secondary N) is 1. The summed E-state index contributed by atoms with van der Waals surface area (Å²) in [5.74, 6) is 3.74. The van der Waals surface area contributed by atoms with Crippen molar-refractivity contribution < 1.29 is 14.6 Å². The zero-order valence-electron chi connectivity index (χ0n) is 11.3. The molecule has 1 aliphatic rings. The van der Waals surface area contributed by atoms with Gasteiger partial charge in [-0.25, -0.2) is 0 Å². The van der Waals surface area contributed by atoms with Gasteiger partial charge in [0.25, 0.3) is 0 Å². The van der Waals surface area contributed by atoms with Crippen LogP contribution in [0, 0.1) is 0 Å². The summed E-state index contributed by atoms with van der Waals surface area (Å²) in [6.07, 6.45) is -0.402. The average molecular weight is 295 g/mol. The number of hydrogen-bond donors (Lipinski definition) is 2. The van der Waals surface area contributed by atoms with Crippen molar-refractivity contribution >= 4 is 23.5 Å². The number of methoxy groups -OCH3 is 1. The normalized spacial score (nSPS) is 23.8. The first-order valence-corrected chi connectivity index (χ1v) is 8.61. The Labute approximate surface area is 119 Å². The fourth-order valence-electron chi connectivity index (χ4n) is 1.68. The molecule has 0 bridgehead atoms. The Kier molecular flexibility index (Phi) is 9.53. The zero-order chi connectivity index (χ0) is 13.2. The molecule has 0 amide bonds. The maximum absolute atomic E-state index is 9.76. The molecule has 0 aromatic rings. The third kappa shape index (κ3) is 7.86. The largest absolute Gasteiger partial charge is 0.389 e. The van der Waals surface area contributed by atoms with Crippen LogP contribution in [0.25, 0.3) is 0 Å². The van der Waals surface area contributed by atoms with Gasteiger partial charge in [0.2, 0.25) is 0 Å². The summed E-state index contributed by atoms with van der Waals surface area (Å²) in [5.41, 5.74) is 0. The van der Waals surface area contributed by atoms with E-state index >= 15 is 0 Å². The second kappa shape index (κ2) is 10.3. The number of ether oxygens (including phenoxy) is 2. The lowest BCUT2D eigenvalue weighted by Gasteiger charge is -2.22. The van der Waals surface area contributed by atoms with Gasteiger partial charge in [-0.3, -0.25) is 0 Å². The number of aliphatic hydroxyl groups is 1. The molecule has 0 radical (unpaired) electrons. The quantitative estimate of drug-likeness (QED) is 0.657. The smallest absolute Gasteiger partial charge is 0.0897 e. The van der Waals surface area contributed by atoms with Gasteiger partial charge < -0.3 is 19.9 Å². The van der Waals surface area contributed by atoms with E-state index in [1.165, 1.54) is 17.3 Å². The topological polar surface area (TPSA) is 50.7 Å². The molecule has 1 aliphatic heterocycles. The van der Waals surface area contributed by atoms with E-state index in [1.54, 1.807) is 7.11 Å². The molecule has 2 N–H and O–H groups in total. The van der Waals surface area contributed by atoms with Crippen molar-refractivity contribution in [3.05, 3.63) is 0 Å². The molecule has 0 aromatic carbocycles. The van der Waals surface area contributed by atoms with Crippen molar-refractivity contribution in [3.8, 4) is 0 Å². The van der Waals surface area contributed by atoms with E-state index in [-0.39, 0.29) is 6.10 Å². The van der Waals surface area contributed by atoms with Crippen molar-refractivity contribution in [2.24, 2.45) is 0 Å². The minimum atomic E-state index is -0.439. The van der Waals surface area contributed by atoms with Gasteiger partial charge in [-0.15, -0.1) is 0 Å². The van der Waals surface area contributed by atoms with Gasteiger partial charge in [-0.05, 0) is 6.92 Å². The van der Waals surface area contributed by atoms with Crippen LogP contribution in [0.5, 0.6) is 0 Å². The summed E-state index contributed by atoms with van der Waals surface area (Å²) in [5, 5.41) is 13.8. The molecular weight excluding hydrogens is 270 g/mol. The fourth-order valence-corrected chi connectivity index (χ4v) is 4.33. The highest BCUT2D eigenvalue weighted by Crippen LogP contribution is 2.23. The summed E-state index contributed by atoms with van der Waals surface area (Å²) in [7, 11) is 1.65. The summed E-state index contributed by atoms with van der Waals surface area (Å²) in [6.45, 7) is 4.45. The van der Waals surface area contributed by atoms with Crippen LogP contribution in [-0.4, -0.2) is 73.2 Å². The molecule has 4 nitrogen and oxygen atoms in total. The van der Waals surface area contributed by atoms with Crippen LogP contribution in [0.4, 0.5) is 0 Å². The van der Waals surface area contributed by atoms with E-state index in [9.17, 15) is 5.11 Å². The highest BCUT2D eigenvalue weighted by atomic mass is 32.2. The molecule has 18 heavy (non-hydrogen) atoms. The molecule has 0 aliphatic carbocycles. The van der Waals surface area contributed by atoms with E-state index in [1.807, 2.05) is 30.4 Å². The van der Waals surface area contributed by atoms with Crippen LogP contribution in [0.2, 0.25) is 0 Å². The minimum absolute atomic E-state index is 0.0370. The molecule has 1 saturated heterocycles. The maximum Gasteiger partial charge on any atom is 0.0897 e. The highest BCUT2D eigenvalue weighted by Gasteiger charge is 2.14. The number of aliphatic hydroxyl groups excluding tert-OH is 1. The summed E-state index contributed by atoms with van der Waals surface area (Å²) in [4.78, 5) is 0. The van der Waals surface area contributed by atoms with Crippen LogP contribution in [0.15, 0.2) is 0 Å². The Bertz CT molecular complexity index is 204. The Morgan fingerprint density at radius 1 is 1.39 bits per heavy atom. The minimum Gasteiger partial charge on any atom is -0.389 e. The van der Waals surface area contributed by atoms with Crippen molar-refractivity contribution in [1.29, 1.82) is 0 Å². The first kappa shape index (κ1) is 16.6. The van der Waals surface area contributed by atoms with Gasteiger partial charge in [-0.1, -0.05) is 0 Å². The van der Waals surface area contributed by atoms with Gasteiger partial charge in [-0.2, -0.15) is 23.5 Å². The number of hydrogen-bond acceptors (Lipinski definition) is 6. The molecule has 1 fully saturated rings. The molecule has 0 aromatic heterocycles. The SMILES string of the molecule is COCC(C)OCC(O)CNCC1CSCCS1. The Hall–Kier alpha value is 0.540. The van der Waals surface area contributed by atoms with Crippen molar-refractivity contribution in [2.75, 3.05) is 50.7 Å². The second-order valence-corrected chi connectivity index (χ2v) is 7.04. The summed E-state index contributed by atoms with van der Waals surface area (Å²) < 4.78 is 10.4. The fraction of sp³-hybridized carbons (Fsp3) is 1.00. The van der Waals surface area contributed by atoms with Crippen molar-refractivity contribution in [2.45, 2.75) is 24.4 Å². The van der Waals surface area contributed by atoms with Crippen LogP contribution in [-0.2, 0) is 9.47 Å². The average Bonchev–Trinajstić information content (AvgIpc) is 2.38. The van der Waals surface area contributed by atoms with E-state index in [0.29, 0.717) is 25.0 Å². The van der Waals surface area contributed by atoms with E-state index in [2.05, 4.69) is 5.32 Å². The predicted molar refractivity (Wildman–Crippen MR) is 79.7 cm³/mol. The van der Waals surface area contributed by atoms with Crippen LogP contribution in [0.3, 0.4) is 0 Å². The number of rotatable bonds is 9. The molecular formula is C12H25NO3S2. The molecule has 0 saturated carbocycles. The highest BCUT2D eigenvalue weighted by molar-refractivity contribution is 8.06. The molecule has 3 atom stereocenters. The molecule has 6 heteroatoms. The second-order valence-electron chi connectivity index (χ2n) is 4.48. The molecule has 3 unspecified atom stereocenters. The third-order valence-electron chi connectivity index (χ3n) is 2.61. The van der Waals surface area contributed by atoms with Crippen LogP contribution < -0.4 is 5.32 Å². The van der Waals surface area contributed by atoms with Gasteiger partial charge in [0, 0.05) is 42.7 Å². The molecule has 1 heterocycles. The van der Waals surface area contributed by atoms with Crippen molar-refractivity contribution in [3.63, 3.8) is 0 Å². The van der Waals surface area contributed by atoms with E-state index in [4.69, 9.17) is 9.47 Å². The van der Waals surface area contributed by atoms with E-state index in [0.717, 1.165) is 6.54 Å². The van der Waals surface area contributed by atoms with Crippen LogP contribution >= 0.6 is 23.5 Å². The monoisotopic (exact) mass is 295 g/mol. The summed E-state index contributed by atoms with van der Waals surface area (Å²) >= 11 is 4.05. The zero-order valence-corrected chi connectivity index (χ0v) is 12.9. The lowest BCUT2D eigenvalue weighted by Crippen LogP contribution is -2.36. The molecule has 108 valence electrons. The predicted octanol–water partition coefficient (Wildman–Crippen LogP) is 0.837. The Balaban J connectivity index is 1.97. The first-order chi connectivity index (χ1) is 8.72. The Morgan fingerprint density at radius 3 is 2.89 bits per heavy atom. The van der Waals surface area contributed by atoms with Gasteiger partial charge >= 0.3 is 0 Å². The number of thioether (sulfide) groups is 2. The lowest BCUT2D eigenvalue weighted by atomic mass is 10.3. The lowest BCUT2D eigenvalue weighted by molar-refractivity contribution is -0.0309. The van der Waals surface area contributed by atoms with Gasteiger partial charge in [0.1, 0.15) is 0 Å². The van der Waals surface area contributed by atoms with Crippen LogP contribution in [0.1, 0.15) is 6.92 Å². The first-order valence-electron chi connectivity index (χ1n) is 6.41. The van der Waals surface area contributed by atoms with Gasteiger partial charge in [0.05, 0.1) is 25.4 Å². The molecule has 1 rings (SSSR count).